The van der Waals surface area contributed by atoms with Crippen LogP contribution in [0.4, 0.5) is 26.3 Å². The van der Waals surface area contributed by atoms with E-state index in [0.29, 0.717) is 17.7 Å². The fourth-order valence-electron chi connectivity index (χ4n) is 1.73. The maximum Gasteiger partial charge on any atom is 0.416 e. The molecule has 0 saturated heterocycles. The average Bonchev–Trinajstić information content (AvgIpc) is 2.47. The summed E-state index contributed by atoms with van der Waals surface area (Å²) in [6, 6.07) is 8.44. The van der Waals surface area contributed by atoms with Crippen LogP contribution in [0.5, 0.6) is 0 Å². The van der Waals surface area contributed by atoms with Gasteiger partial charge in [0.05, 0.1) is 5.56 Å². The zero-order chi connectivity index (χ0) is 18.9. The molecule has 0 N–H and O–H groups in total. The topological polar surface area (TPSA) is 0 Å². The minimum absolute atomic E-state index is 0. The molecule has 1 radical (unpaired) electrons. The van der Waals surface area contributed by atoms with Crippen molar-refractivity contribution in [1.29, 1.82) is 0 Å². The van der Waals surface area contributed by atoms with Gasteiger partial charge in [-0.1, -0.05) is 45.9 Å². The second kappa shape index (κ2) is 12.5. The van der Waals surface area contributed by atoms with Crippen molar-refractivity contribution in [3.8, 4) is 0 Å². The number of alkyl halides is 3. The Balaban J connectivity index is 0. The van der Waals surface area contributed by atoms with Gasteiger partial charge >= 0.3 is 6.18 Å². The van der Waals surface area contributed by atoms with Gasteiger partial charge in [0.25, 0.3) is 0 Å². The fourth-order valence-corrected chi connectivity index (χ4v) is 1.73. The Labute approximate surface area is 169 Å². The van der Waals surface area contributed by atoms with Crippen molar-refractivity contribution in [3.63, 3.8) is 0 Å². The van der Waals surface area contributed by atoms with Gasteiger partial charge in [0.15, 0.2) is 0 Å². The van der Waals surface area contributed by atoms with Crippen molar-refractivity contribution in [2.45, 2.75) is 39.8 Å². The predicted octanol–water partition coefficient (Wildman–Crippen LogP) is 6.76. The zero-order valence-corrected chi connectivity index (χ0v) is 17.2. The quantitative estimate of drug-likeness (QED) is 0.341. The Bertz CT molecular complexity index is 573. The van der Waals surface area contributed by atoms with Gasteiger partial charge in [-0.25, -0.2) is 13.2 Å². The molecule has 2 rings (SSSR count). The Morgan fingerprint density at radius 1 is 0.880 bits per heavy atom. The molecule has 137 valence electrons. The second-order valence-corrected chi connectivity index (χ2v) is 4.73. The molecule has 0 aliphatic rings. The zero-order valence-electron chi connectivity index (χ0n) is 14.4. The standard InChI is InChI=1S/C10H11F3.C6H2F3.C2H6.Y/c1-7(2)8-5-3-4-6-9(8)10(11,12)13;7-4-1-5(8)3-6(9)2-4;1-2;/h3-7H,1-2H3;1-2H;1-2H3;/q;-1;;. The van der Waals surface area contributed by atoms with E-state index in [9.17, 15) is 26.3 Å². The average molecular weight is 438 g/mol. The molecule has 0 amide bonds. The molecule has 0 unspecified atom stereocenters. The van der Waals surface area contributed by atoms with Gasteiger partial charge in [0, 0.05) is 50.2 Å². The summed E-state index contributed by atoms with van der Waals surface area (Å²) in [5.41, 5.74) is -0.167. The van der Waals surface area contributed by atoms with E-state index >= 15 is 0 Å². The van der Waals surface area contributed by atoms with Crippen LogP contribution in [-0.2, 0) is 38.9 Å². The van der Waals surface area contributed by atoms with E-state index in [1.807, 2.05) is 13.8 Å². The summed E-state index contributed by atoms with van der Waals surface area (Å²) in [4.78, 5) is 0. The number of benzene rings is 2. The summed E-state index contributed by atoms with van der Waals surface area (Å²) in [7, 11) is 0. The molecule has 0 aliphatic carbocycles. The van der Waals surface area contributed by atoms with Crippen LogP contribution < -0.4 is 0 Å². The molecule has 0 heterocycles. The molecule has 25 heavy (non-hydrogen) atoms. The van der Waals surface area contributed by atoms with E-state index < -0.39 is 29.2 Å². The maximum absolute atomic E-state index is 12.4. The molecule has 0 aliphatic heterocycles. The maximum atomic E-state index is 12.4. The van der Waals surface area contributed by atoms with Gasteiger partial charge < -0.3 is 0 Å². The molecule has 7 heteroatoms. The fraction of sp³-hybridized carbons (Fsp3) is 0.333. The Hall–Kier alpha value is -0.876. The van der Waals surface area contributed by atoms with Crippen LogP contribution in [0.2, 0.25) is 0 Å². The molecule has 0 fully saturated rings. The van der Waals surface area contributed by atoms with Crippen LogP contribution in [0.3, 0.4) is 0 Å². The third kappa shape index (κ3) is 10.00. The Morgan fingerprint density at radius 2 is 1.32 bits per heavy atom. The molecule has 0 nitrogen and oxygen atoms in total. The van der Waals surface area contributed by atoms with Crippen molar-refractivity contribution in [2.24, 2.45) is 0 Å². The molecule has 2 aromatic carbocycles. The number of halogens is 6. The normalized spacial score (nSPS) is 10.0. The van der Waals surface area contributed by atoms with E-state index in [-0.39, 0.29) is 38.6 Å². The molecule has 0 spiro atoms. The van der Waals surface area contributed by atoms with Crippen molar-refractivity contribution in [1.82, 2.24) is 0 Å². The smallest absolute Gasteiger partial charge is 0.236 e. The first-order valence-corrected chi connectivity index (χ1v) is 7.31. The van der Waals surface area contributed by atoms with Gasteiger partial charge in [-0.15, -0.1) is 18.2 Å². The summed E-state index contributed by atoms with van der Waals surface area (Å²) >= 11 is 0. The third-order valence-corrected chi connectivity index (χ3v) is 2.66. The molecule has 0 atom stereocenters. The van der Waals surface area contributed by atoms with Crippen molar-refractivity contribution < 1.29 is 59.1 Å². The minimum Gasteiger partial charge on any atom is -0.236 e. The van der Waals surface area contributed by atoms with Gasteiger partial charge in [0.1, 0.15) is 0 Å². The number of rotatable bonds is 1. The summed E-state index contributed by atoms with van der Waals surface area (Å²) in [6.07, 6.45) is -4.24. The van der Waals surface area contributed by atoms with E-state index in [0.717, 1.165) is 6.07 Å². The molecular formula is C18H19F6Y-. The summed E-state index contributed by atoms with van der Waals surface area (Å²) < 4.78 is 72.9. The SMILES string of the molecule is CC.CC(C)c1ccccc1C(F)(F)F.Fc1[c-]c(F)cc(F)c1.[Y]. The Kier molecular flexibility index (Phi) is 13.1. The molecular weight excluding hydrogens is 419 g/mol. The van der Waals surface area contributed by atoms with Gasteiger partial charge in [0.2, 0.25) is 0 Å². The molecule has 0 saturated carbocycles. The molecule has 0 bridgehead atoms. The largest absolute Gasteiger partial charge is 0.416 e. The van der Waals surface area contributed by atoms with E-state index in [4.69, 9.17) is 0 Å². The Morgan fingerprint density at radius 3 is 1.64 bits per heavy atom. The van der Waals surface area contributed by atoms with Crippen molar-refractivity contribution in [2.75, 3.05) is 0 Å². The van der Waals surface area contributed by atoms with E-state index in [1.54, 1.807) is 26.0 Å². The van der Waals surface area contributed by atoms with Crippen LogP contribution in [0.25, 0.3) is 0 Å². The first-order chi connectivity index (χ1) is 11.1. The van der Waals surface area contributed by atoms with Gasteiger partial charge in [-0.2, -0.15) is 13.2 Å². The predicted molar refractivity (Wildman–Crippen MR) is 82.0 cm³/mol. The van der Waals surface area contributed by atoms with Crippen LogP contribution in [-0.4, -0.2) is 0 Å². The van der Waals surface area contributed by atoms with Crippen LogP contribution in [0, 0.1) is 23.5 Å². The van der Waals surface area contributed by atoms with Gasteiger partial charge in [-0.3, -0.25) is 0 Å². The first kappa shape index (κ1) is 26.4. The molecule has 2 aromatic rings. The number of hydrogen-bond donors (Lipinski definition) is 0. The minimum atomic E-state index is -4.24. The summed E-state index contributed by atoms with van der Waals surface area (Å²) in [5.74, 6) is -3.07. The van der Waals surface area contributed by atoms with Crippen LogP contribution in [0.15, 0.2) is 36.4 Å². The monoisotopic (exact) mass is 438 g/mol. The summed E-state index contributed by atoms with van der Waals surface area (Å²) in [5, 5.41) is 0. The van der Waals surface area contributed by atoms with E-state index in [1.165, 1.54) is 12.1 Å². The molecule has 0 aromatic heterocycles. The van der Waals surface area contributed by atoms with Crippen molar-refractivity contribution >= 4 is 0 Å². The first-order valence-electron chi connectivity index (χ1n) is 7.31. The summed E-state index contributed by atoms with van der Waals surface area (Å²) in [6.45, 7) is 7.51. The second-order valence-electron chi connectivity index (χ2n) is 4.73. The third-order valence-electron chi connectivity index (χ3n) is 2.66. The van der Waals surface area contributed by atoms with Crippen molar-refractivity contribution in [3.05, 3.63) is 71.0 Å². The van der Waals surface area contributed by atoms with Gasteiger partial charge in [-0.05, 0) is 17.5 Å². The van der Waals surface area contributed by atoms with Crippen LogP contribution >= 0.6 is 0 Å². The van der Waals surface area contributed by atoms with E-state index in [2.05, 4.69) is 0 Å². The van der Waals surface area contributed by atoms with Crippen LogP contribution in [0.1, 0.15) is 44.7 Å². The number of hydrogen-bond acceptors (Lipinski definition) is 0.